The standard InChI is InChI=1S/C26H25FN2O/c1-17-10-12-20(13-11-17)29-24-14-19-6-5-8-22(26(19,2)15-18(24)16-28-29)25(30)21-7-3-4-9-23(21)27/h3-4,7,9-14,16,22H,5-6,8,15H2,1-2H3/t22-,26+/m1/s1. The van der Waals surface area contributed by atoms with Crippen LogP contribution in [0.4, 0.5) is 4.39 Å². The van der Waals surface area contributed by atoms with Gasteiger partial charge in [0.15, 0.2) is 5.78 Å². The molecule has 1 aromatic heterocycles. The molecular weight excluding hydrogens is 375 g/mol. The third-order valence-electron chi connectivity index (χ3n) is 6.93. The number of rotatable bonds is 3. The van der Waals surface area contributed by atoms with Crippen LogP contribution < -0.4 is 0 Å². The van der Waals surface area contributed by atoms with Crippen LogP contribution in [-0.4, -0.2) is 15.6 Å². The maximum atomic E-state index is 14.4. The summed E-state index contributed by atoms with van der Waals surface area (Å²) in [5.74, 6) is -0.716. The van der Waals surface area contributed by atoms with Crippen molar-refractivity contribution < 1.29 is 9.18 Å². The van der Waals surface area contributed by atoms with E-state index in [2.05, 4.69) is 49.3 Å². The van der Waals surface area contributed by atoms with E-state index in [1.807, 2.05) is 10.9 Å². The van der Waals surface area contributed by atoms with Gasteiger partial charge in [0.1, 0.15) is 5.82 Å². The van der Waals surface area contributed by atoms with Gasteiger partial charge in [-0.3, -0.25) is 4.79 Å². The lowest BCUT2D eigenvalue weighted by molar-refractivity contribution is 0.0758. The molecule has 1 fully saturated rings. The van der Waals surface area contributed by atoms with E-state index in [0.717, 1.165) is 42.6 Å². The number of nitrogens with zero attached hydrogens (tertiary/aromatic N) is 2. The average Bonchev–Trinajstić information content (AvgIpc) is 3.14. The fourth-order valence-electron chi connectivity index (χ4n) is 5.20. The molecule has 4 heteroatoms. The number of ketones is 1. The fourth-order valence-corrected chi connectivity index (χ4v) is 5.20. The maximum Gasteiger partial charge on any atom is 0.169 e. The van der Waals surface area contributed by atoms with Crippen molar-refractivity contribution in [3.05, 3.63) is 88.5 Å². The van der Waals surface area contributed by atoms with Gasteiger partial charge in [-0.15, -0.1) is 0 Å². The summed E-state index contributed by atoms with van der Waals surface area (Å²) in [7, 11) is 0. The zero-order chi connectivity index (χ0) is 20.9. The van der Waals surface area contributed by atoms with Gasteiger partial charge in [-0.1, -0.05) is 42.3 Å². The normalized spacial score (nSPS) is 22.8. The van der Waals surface area contributed by atoms with Gasteiger partial charge < -0.3 is 0 Å². The van der Waals surface area contributed by atoms with Crippen LogP contribution in [-0.2, 0) is 6.42 Å². The summed E-state index contributed by atoms with van der Waals surface area (Å²) in [5.41, 5.74) is 5.70. The Morgan fingerprint density at radius 2 is 1.93 bits per heavy atom. The Morgan fingerprint density at radius 1 is 1.17 bits per heavy atom. The van der Waals surface area contributed by atoms with Crippen molar-refractivity contribution in [3.63, 3.8) is 0 Å². The number of Topliss-reactive ketones (excluding diaryl/α,β-unsaturated/α-hetero) is 1. The van der Waals surface area contributed by atoms with Crippen LogP contribution in [0.15, 0.2) is 60.3 Å². The minimum absolute atomic E-state index is 0.0735. The zero-order valence-electron chi connectivity index (χ0n) is 17.4. The second kappa shape index (κ2) is 7.05. The average molecular weight is 400 g/mol. The SMILES string of the molecule is Cc1ccc(-n2ncc3c2C=C2CCC[C@H](C(=O)c4ccccc4F)[C@@]2(C)C3)cc1. The first-order valence-electron chi connectivity index (χ1n) is 10.6. The number of hydrogen-bond donors (Lipinski definition) is 0. The minimum Gasteiger partial charge on any atom is -0.294 e. The van der Waals surface area contributed by atoms with E-state index in [-0.39, 0.29) is 22.7 Å². The van der Waals surface area contributed by atoms with Gasteiger partial charge in [-0.2, -0.15) is 5.10 Å². The summed E-state index contributed by atoms with van der Waals surface area (Å²) in [6, 6.07) is 14.7. The third kappa shape index (κ3) is 2.94. The second-order valence-corrected chi connectivity index (χ2v) is 8.86. The molecule has 0 bridgehead atoms. The van der Waals surface area contributed by atoms with E-state index >= 15 is 0 Å². The first-order chi connectivity index (χ1) is 14.5. The Bertz CT molecular complexity index is 1160. The van der Waals surface area contributed by atoms with Gasteiger partial charge in [0.05, 0.1) is 23.1 Å². The number of halogens is 1. The second-order valence-electron chi connectivity index (χ2n) is 8.86. The third-order valence-corrected chi connectivity index (χ3v) is 6.93. The van der Waals surface area contributed by atoms with Crippen molar-refractivity contribution in [1.82, 2.24) is 9.78 Å². The van der Waals surface area contributed by atoms with E-state index < -0.39 is 5.82 Å². The van der Waals surface area contributed by atoms with Gasteiger partial charge >= 0.3 is 0 Å². The molecule has 0 radical (unpaired) electrons. The highest BCUT2D eigenvalue weighted by Gasteiger charge is 2.47. The number of aromatic nitrogens is 2. The molecule has 30 heavy (non-hydrogen) atoms. The molecule has 0 spiro atoms. The molecule has 3 nitrogen and oxygen atoms in total. The Balaban J connectivity index is 1.54. The number of benzene rings is 2. The number of carbonyl (C=O) groups is 1. The van der Waals surface area contributed by atoms with Crippen LogP contribution in [0.3, 0.4) is 0 Å². The molecule has 2 aromatic carbocycles. The number of aryl methyl sites for hydroxylation is 1. The molecule has 1 saturated carbocycles. The van der Waals surface area contributed by atoms with E-state index in [1.165, 1.54) is 17.2 Å². The molecular formula is C26H25FN2O. The van der Waals surface area contributed by atoms with E-state index in [0.29, 0.717) is 0 Å². The summed E-state index contributed by atoms with van der Waals surface area (Å²) in [6.07, 6.45) is 7.61. The van der Waals surface area contributed by atoms with Crippen LogP contribution >= 0.6 is 0 Å². The highest BCUT2D eigenvalue weighted by molar-refractivity contribution is 5.99. The van der Waals surface area contributed by atoms with Crippen LogP contribution in [0, 0.1) is 24.1 Å². The molecule has 0 aliphatic heterocycles. The highest BCUT2D eigenvalue weighted by atomic mass is 19.1. The Kier molecular flexibility index (Phi) is 4.46. The molecule has 152 valence electrons. The molecule has 3 aromatic rings. The van der Waals surface area contributed by atoms with Crippen molar-refractivity contribution in [2.45, 2.75) is 39.5 Å². The smallest absolute Gasteiger partial charge is 0.169 e. The first kappa shape index (κ1) is 19.0. The summed E-state index contributed by atoms with van der Waals surface area (Å²) in [4.78, 5) is 13.4. The summed E-state index contributed by atoms with van der Waals surface area (Å²) in [5, 5.41) is 4.66. The molecule has 2 aliphatic carbocycles. The molecule has 5 rings (SSSR count). The Hall–Kier alpha value is -3.01. The van der Waals surface area contributed by atoms with Gasteiger partial charge in [0.25, 0.3) is 0 Å². The summed E-state index contributed by atoms with van der Waals surface area (Å²) >= 11 is 0. The molecule has 2 atom stereocenters. The molecule has 0 unspecified atom stereocenters. The lowest BCUT2D eigenvalue weighted by Crippen LogP contribution is -2.41. The number of allylic oxidation sites excluding steroid dienone is 1. The van der Waals surface area contributed by atoms with Gasteiger partial charge in [0.2, 0.25) is 0 Å². The van der Waals surface area contributed by atoms with Crippen LogP contribution in [0.2, 0.25) is 0 Å². The Labute approximate surface area is 176 Å². The molecule has 2 aliphatic rings. The molecule has 0 saturated heterocycles. The van der Waals surface area contributed by atoms with Crippen molar-refractivity contribution in [2.75, 3.05) is 0 Å². The topological polar surface area (TPSA) is 34.9 Å². The van der Waals surface area contributed by atoms with Crippen molar-refractivity contribution >= 4 is 11.9 Å². The van der Waals surface area contributed by atoms with Crippen molar-refractivity contribution in [2.24, 2.45) is 11.3 Å². The zero-order valence-corrected chi connectivity index (χ0v) is 17.4. The highest BCUT2D eigenvalue weighted by Crippen LogP contribution is 2.52. The lowest BCUT2D eigenvalue weighted by atomic mass is 9.58. The number of fused-ring (bicyclic) bond motifs is 2. The molecule has 0 N–H and O–H groups in total. The predicted molar refractivity (Wildman–Crippen MR) is 116 cm³/mol. The van der Waals surface area contributed by atoms with Gasteiger partial charge in [-0.25, -0.2) is 9.07 Å². The van der Waals surface area contributed by atoms with E-state index in [9.17, 15) is 9.18 Å². The lowest BCUT2D eigenvalue weighted by Gasteiger charge is -2.45. The van der Waals surface area contributed by atoms with Crippen LogP contribution in [0.5, 0.6) is 0 Å². The van der Waals surface area contributed by atoms with Crippen molar-refractivity contribution in [1.29, 1.82) is 0 Å². The quantitative estimate of drug-likeness (QED) is 0.509. The summed E-state index contributed by atoms with van der Waals surface area (Å²) < 4.78 is 16.3. The van der Waals surface area contributed by atoms with E-state index in [4.69, 9.17) is 0 Å². The predicted octanol–water partition coefficient (Wildman–Crippen LogP) is 5.95. The largest absolute Gasteiger partial charge is 0.294 e. The minimum atomic E-state index is -0.425. The monoisotopic (exact) mass is 400 g/mol. The number of hydrogen-bond acceptors (Lipinski definition) is 2. The fraction of sp³-hybridized carbons (Fsp3) is 0.308. The molecule has 1 heterocycles. The van der Waals surface area contributed by atoms with Crippen LogP contribution in [0.25, 0.3) is 11.8 Å². The summed E-state index contributed by atoms with van der Waals surface area (Å²) in [6.45, 7) is 4.25. The molecule has 0 amide bonds. The van der Waals surface area contributed by atoms with Crippen LogP contribution in [0.1, 0.15) is 53.4 Å². The Morgan fingerprint density at radius 3 is 2.70 bits per heavy atom. The van der Waals surface area contributed by atoms with Gasteiger partial charge in [-0.05, 0) is 68.5 Å². The van der Waals surface area contributed by atoms with Gasteiger partial charge in [0, 0.05) is 11.3 Å². The first-order valence-corrected chi connectivity index (χ1v) is 10.6. The number of carbonyl (C=O) groups excluding carboxylic acids is 1. The van der Waals surface area contributed by atoms with E-state index in [1.54, 1.807) is 18.2 Å². The van der Waals surface area contributed by atoms with Crippen molar-refractivity contribution in [3.8, 4) is 5.69 Å². The maximum absolute atomic E-state index is 14.4.